The highest BCUT2D eigenvalue weighted by molar-refractivity contribution is 5.75. The minimum absolute atomic E-state index is 0.0292. The number of hydrogen-bond donors (Lipinski definition) is 2. The van der Waals surface area contributed by atoms with Crippen LogP contribution in [0.1, 0.15) is 19.8 Å². The lowest BCUT2D eigenvalue weighted by Crippen LogP contribution is -2.30. The first kappa shape index (κ1) is 15.2. The molecule has 1 amide bonds. The third-order valence-corrected chi connectivity index (χ3v) is 2.02. The van der Waals surface area contributed by atoms with Gasteiger partial charge in [0.1, 0.15) is 6.61 Å². The van der Waals surface area contributed by atoms with Crippen LogP contribution < -0.4 is 11.1 Å². The average molecular weight is 238 g/mol. The third kappa shape index (κ3) is 9.79. The van der Waals surface area contributed by atoms with E-state index in [4.69, 9.17) is 5.73 Å². The highest BCUT2D eigenvalue weighted by atomic mass is 19.3. The summed E-state index contributed by atoms with van der Waals surface area (Å²) in [7, 11) is 0. The maximum Gasteiger partial charge on any atom is 0.261 e. The van der Waals surface area contributed by atoms with Gasteiger partial charge in [-0.1, -0.05) is 6.92 Å². The lowest BCUT2D eigenvalue weighted by molar-refractivity contribution is -0.122. The van der Waals surface area contributed by atoms with Crippen LogP contribution in [0.15, 0.2) is 0 Å². The number of nitrogens with one attached hydrogen (secondary N) is 1. The van der Waals surface area contributed by atoms with Crippen LogP contribution in [0.25, 0.3) is 0 Å². The molecule has 0 bridgehead atoms. The molecule has 1 unspecified atom stereocenters. The Balaban J connectivity index is 3.37. The molecule has 0 radical (unpaired) electrons. The molecule has 0 saturated heterocycles. The van der Waals surface area contributed by atoms with Crippen molar-refractivity contribution >= 4 is 5.91 Å². The Bertz CT molecular complexity index is 192. The zero-order valence-corrected chi connectivity index (χ0v) is 9.55. The van der Waals surface area contributed by atoms with Gasteiger partial charge in [0, 0.05) is 13.0 Å². The molecule has 0 saturated carbocycles. The number of hydrogen-bond acceptors (Lipinski definition) is 3. The van der Waals surface area contributed by atoms with E-state index < -0.39 is 13.0 Å². The van der Waals surface area contributed by atoms with Crippen molar-refractivity contribution in [3.05, 3.63) is 0 Å². The average Bonchev–Trinajstić information content (AvgIpc) is 2.22. The normalized spacial score (nSPS) is 12.8. The van der Waals surface area contributed by atoms with E-state index in [1.54, 1.807) is 0 Å². The highest BCUT2D eigenvalue weighted by Gasteiger charge is 2.06. The van der Waals surface area contributed by atoms with E-state index in [2.05, 4.69) is 10.1 Å². The van der Waals surface area contributed by atoms with Crippen molar-refractivity contribution in [3.8, 4) is 0 Å². The van der Waals surface area contributed by atoms with Gasteiger partial charge in [-0.2, -0.15) is 0 Å². The summed E-state index contributed by atoms with van der Waals surface area (Å²) in [5, 5.41) is 2.69. The van der Waals surface area contributed by atoms with Crippen LogP contribution in [0.3, 0.4) is 0 Å². The SMILES string of the molecule is CC(CCN)CNC(=O)CCOCC(F)F. The Hall–Kier alpha value is -0.750. The predicted octanol–water partition coefficient (Wildman–Crippen LogP) is 0.759. The van der Waals surface area contributed by atoms with E-state index in [1.807, 2.05) is 6.92 Å². The van der Waals surface area contributed by atoms with Crippen LogP contribution in [0.5, 0.6) is 0 Å². The van der Waals surface area contributed by atoms with Crippen LogP contribution >= 0.6 is 0 Å². The molecule has 0 aromatic carbocycles. The number of rotatable bonds is 9. The molecular weight excluding hydrogens is 218 g/mol. The third-order valence-electron chi connectivity index (χ3n) is 2.02. The number of carbonyl (C=O) groups is 1. The summed E-state index contributed by atoms with van der Waals surface area (Å²) >= 11 is 0. The maximum absolute atomic E-state index is 11.7. The molecule has 0 rings (SSSR count). The zero-order chi connectivity index (χ0) is 12.4. The van der Waals surface area contributed by atoms with E-state index >= 15 is 0 Å². The fraction of sp³-hybridized carbons (Fsp3) is 0.900. The molecule has 0 aliphatic rings. The van der Waals surface area contributed by atoms with Crippen molar-refractivity contribution < 1.29 is 18.3 Å². The summed E-state index contributed by atoms with van der Waals surface area (Å²) in [5.74, 6) is 0.147. The monoisotopic (exact) mass is 238 g/mol. The summed E-state index contributed by atoms with van der Waals surface area (Å²) in [5.41, 5.74) is 5.36. The smallest absolute Gasteiger partial charge is 0.261 e. The van der Waals surface area contributed by atoms with Crippen molar-refractivity contribution in [3.63, 3.8) is 0 Å². The van der Waals surface area contributed by atoms with E-state index in [1.165, 1.54) is 0 Å². The fourth-order valence-corrected chi connectivity index (χ4v) is 1.10. The molecule has 0 aromatic rings. The molecule has 6 heteroatoms. The van der Waals surface area contributed by atoms with E-state index in [0.717, 1.165) is 6.42 Å². The number of halogens is 2. The second-order valence-corrected chi connectivity index (χ2v) is 3.70. The Kier molecular flexibility index (Phi) is 9.03. The Morgan fingerprint density at radius 1 is 1.50 bits per heavy atom. The van der Waals surface area contributed by atoms with Crippen LogP contribution in [0.2, 0.25) is 0 Å². The minimum Gasteiger partial charge on any atom is -0.375 e. The number of carbonyl (C=O) groups excluding carboxylic acids is 1. The molecule has 4 nitrogen and oxygen atoms in total. The Morgan fingerprint density at radius 3 is 2.75 bits per heavy atom. The lowest BCUT2D eigenvalue weighted by Gasteiger charge is -2.11. The first-order chi connectivity index (χ1) is 7.56. The lowest BCUT2D eigenvalue weighted by atomic mass is 10.1. The van der Waals surface area contributed by atoms with Crippen LogP contribution in [0.4, 0.5) is 8.78 Å². The van der Waals surface area contributed by atoms with E-state index in [-0.39, 0.29) is 18.9 Å². The van der Waals surface area contributed by atoms with E-state index in [0.29, 0.717) is 19.0 Å². The van der Waals surface area contributed by atoms with Gasteiger partial charge in [-0.25, -0.2) is 8.78 Å². The van der Waals surface area contributed by atoms with Crippen LogP contribution in [-0.2, 0) is 9.53 Å². The summed E-state index contributed by atoms with van der Waals surface area (Å²) < 4.78 is 27.9. The van der Waals surface area contributed by atoms with Gasteiger partial charge in [0.15, 0.2) is 0 Å². The number of amides is 1. The van der Waals surface area contributed by atoms with Crippen molar-refractivity contribution in [2.75, 3.05) is 26.3 Å². The van der Waals surface area contributed by atoms with Gasteiger partial charge < -0.3 is 15.8 Å². The summed E-state index contributed by atoms with van der Waals surface area (Å²) in [6.45, 7) is 2.55. The summed E-state index contributed by atoms with van der Waals surface area (Å²) in [6, 6.07) is 0. The largest absolute Gasteiger partial charge is 0.375 e. The van der Waals surface area contributed by atoms with E-state index in [9.17, 15) is 13.6 Å². The van der Waals surface area contributed by atoms with Gasteiger partial charge >= 0.3 is 0 Å². The van der Waals surface area contributed by atoms with Crippen LogP contribution in [0, 0.1) is 5.92 Å². The summed E-state index contributed by atoms with van der Waals surface area (Å²) in [6.07, 6.45) is -1.52. The quantitative estimate of drug-likeness (QED) is 0.583. The van der Waals surface area contributed by atoms with Gasteiger partial charge in [0.05, 0.1) is 6.61 Å². The van der Waals surface area contributed by atoms with Crippen LogP contribution in [-0.4, -0.2) is 38.6 Å². The minimum atomic E-state index is -2.48. The Morgan fingerprint density at radius 2 is 2.19 bits per heavy atom. The molecule has 0 heterocycles. The molecule has 0 aliphatic heterocycles. The van der Waals surface area contributed by atoms with Gasteiger partial charge in [0.25, 0.3) is 6.43 Å². The molecule has 0 aliphatic carbocycles. The van der Waals surface area contributed by atoms with Gasteiger partial charge in [-0.15, -0.1) is 0 Å². The number of nitrogens with two attached hydrogens (primary N) is 1. The highest BCUT2D eigenvalue weighted by Crippen LogP contribution is 1.98. The molecule has 0 aromatic heterocycles. The van der Waals surface area contributed by atoms with Crippen molar-refractivity contribution in [2.45, 2.75) is 26.2 Å². The topological polar surface area (TPSA) is 64.3 Å². The number of ether oxygens (including phenoxy) is 1. The Labute approximate surface area is 94.5 Å². The van der Waals surface area contributed by atoms with Crippen molar-refractivity contribution in [1.29, 1.82) is 0 Å². The van der Waals surface area contributed by atoms with Gasteiger partial charge in [0.2, 0.25) is 5.91 Å². The first-order valence-electron chi connectivity index (χ1n) is 5.39. The zero-order valence-electron chi connectivity index (χ0n) is 9.55. The predicted molar refractivity (Wildman–Crippen MR) is 57.3 cm³/mol. The van der Waals surface area contributed by atoms with Crippen molar-refractivity contribution in [1.82, 2.24) is 5.32 Å². The standard InChI is InChI=1S/C10H20F2N2O2/c1-8(2-4-13)6-14-10(15)3-5-16-7-9(11)12/h8-9H,2-7,13H2,1H3,(H,14,15). The fourth-order valence-electron chi connectivity index (χ4n) is 1.10. The molecular formula is C10H20F2N2O2. The number of alkyl halides is 2. The second kappa shape index (κ2) is 9.47. The molecule has 0 spiro atoms. The molecule has 3 N–H and O–H groups in total. The molecule has 0 fully saturated rings. The molecule has 1 atom stereocenters. The van der Waals surface area contributed by atoms with Gasteiger partial charge in [-0.3, -0.25) is 4.79 Å². The maximum atomic E-state index is 11.7. The molecule has 96 valence electrons. The first-order valence-corrected chi connectivity index (χ1v) is 5.39. The summed E-state index contributed by atoms with van der Waals surface area (Å²) in [4.78, 5) is 11.2. The van der Waals surface area contributed by atoms with Crippen molar-refractivity contribution in [2.24, 2.45) is 11.7 Å². The van der Waals surface area contributed by atoms with Gasteiger partial charge in [-0.05, 0) is 18.9 Å². The second-order valence-electron chi connectivity index (χ2n) is 3.70. The molecule has 16 heavy (non-hydrogen) atoms.